The molecule has 6 rings (SSSR count). The smallest absolute Gasteiger partial charge is 0.307 e. The van der Waals surface area contributed by atoms with E-state index in [1.54, 1.807) is 11.8 Å². The lowest BCUT2D eigenvalue weighted by Gasteiger charge is -2.56. The zero-order chi connectivity index (χ0) is 20.9. The van der Waals surface area contributed by atoms with Crippen molar-refractivity contribution in [2.24, 2.45) is 23.7 Å². The Hall–Kier alpha value is -0.370. The van der Waals surface area contributed by atoms with Crippen LogP contribution in [0.2, 0.25) is 0 Å². The number of thioether (sulfide) groups is 1. The highest BCUT2D eigenvalue weighted by Crippen LogP contribution is 2.56. The summed E-state index contributed by atoms with van der Waals surface area (Å²) in [4.78, 5) is 13.3. The van der Waals surface area contributed by atoms with Crippen LogP contribution in [0.5, 0.6) is 0 Å². The zero-order valence-corrected chi connectivity index (χ0v) is 19.4. The molecule has 3 atom stereocenters. The summed E-state index contributed by atoms with van der Waals surface area (Å²) >= 11 is 1.58. The minimum atomic E-state index is -3.52. The summed E-state index contributed by atoms with van der Waals surface area (Å²) < 4.78 is 30.5. The Bertz CT molecular complexity index is 744. The topological polar surface area (TPSA) is 89.5 Å². The van der Waals surface area contributed by atoms with Crippen LogP contribution in [0, 0.1) is 23.7 Å². The quantitative estimate of drug-likeness (QED) is 0.536. The van der Waals surface area contributed by atoms with Gasteiger partial charge in [0.1, 0.15) is 0 Å². The van der Waals surface area contributed by atoms with Crippen molar-refractivity contribution in [3.05, 3.63) is 9.81 Å². The normalized spacial score (nSPS) is 42.9. The molecule has 0 aromatic carbocycles. The second kappa shape index (κ2) is 8.20. The third-order valence-electron chi connectivity index (χ3n) is 8.40. The number of carboxylic acids is 1. The Morgan fingerprint density at radius 2 is 1.60 bits per heavy atom. The van der Waals surface area contributed by atoms with Crippen molar-refractivity contribution >= 4 is 28.1 Å². The van der Waals surface area contributed by atoms with Crippen molar-refractivity contribution in [1.29, 1.82) is 0 Å². The molecule has 0 heterocycles. The summed E-state index contributed by atoms with van der Waals surface area (Å²) in [5.74, 6) is 1.03. The maximum Gasteiger partial charge on any atom is 0.307 e. The third kappa shape index (κ3) is 4.16. The molecule has 3 unspecified atom stereocenters. The second-order valence-electron chi connectivity index (χ2n) is 10.7. The second-order valence-corrected chi connectivity index (χ2v) is 13.8. The van der Waals surface area contributed by atoms with E-state index in [0.29, 0.717) is 35.5 Å². The highest BCUT2D eigenvalue weighted by Gasteiger charge is 2.54. The van der Waals surface area contributed by atoms with Crippen LogP contribution in [0.1, 0.15) is 89.9 Å². The zero-order valence-electron chi connectivity index (χ0n) is 17.8. The average molecular weight is 454 g/mol. The molecule has 0 saturated heterocycles. The van der Waals surface area contributed by atoms with E-state index in [9.17, 15) is 18.7 Å². The molecule has 2 N–H and O–H groups in total. The molecule has 30 heavy (non-hydrogen) atoms. The minimum absolute atomic E-state index is 0.00843. The first-order chi connectivity index (χ1) is 14.3. The Kier molecular flexibility index (Phi) is 5.87. The van der Waals surface area contributed by atoms with Gasteiger partial charge in [0, 0.05) is 16.6 Å². The maximum absolute atomic E-state index is 13.6. The molecule has 6 aliphatic rings. The average Bonchev–Trinajstić information content (AvgIpc) is 2.66. The van der Waals surface area contributed by atoms with Crippen molar-refractivity contribution in [1.82, 2.24) is 4.72 Å². The van der Waals surface area contributed by atoms with E-state index < -0.39 is 16.4 Å². The lowest BCUT2D eigenvalue weighted by Crippen LogP contribution is -2.61. The van der Waals surface area contributed by atoms with Crippen LogP contribution in [-0.2, 0) is 19.4 Å². The van der Waals surface area contributed by atoms with Gasteiger partial charge in [-0.1, -0.05) is 17.1 Å². The Morgan fingerprint density at radius 1 is 1.00 bits per heavy atom. The van der Waals surface area contributed by atoms with Gasteiger partial charge in [-0.3, -0.25) is 4.79 Å². The third-order valence-corrected chi connectivity index (χ3v) is 11.9. The fourth-order valence-electron chi connectivity index (χ4n) is 7.54. The standard InChI is InChI=1S/C23H35NO4S2/c25-22(26)18-5-1-2-6-19(18)29-20-7-3-4-8-21(20)30(27,28)24-23-12-15-9-16(13-23)11-17(10-15)14-23/h15-19H,1-14H2,(H2-,24,25,26,27,28). The number of carbonyl (C=O) groups is 1. The number of carboxylic acid groups (broad SMARTS) is 1. The van der Waals surface area contributed by atoms with Gasteiger partial charge < -0.3 is 9.66 Å². The van der Waals surface area contributed by atoms with Crippen molar-refractivity contribution in [3.63, 3.8) is 0 Å². The molecule has 4 bridgehead atoms. The van der Waals surface area contributed by atoms with Crippen LogP contribution < -0.4 is 4.72 Å². The molecule has 7 heteroatoms. The molecule has 0 spiro atoms. The van der Waals surface area contributed by atoms with E-state index in [1.807, 2.05) is 0 Å². The highest BCUT2D eigenvalue weighted by atomic mass is 32.3. The van der Waals surface area contributed by atoms with E-state index in [4.69, 9.17) is 0 Å². The summed E-state index contributed by atoms with van der Waals surface area (Å²) in [5, 5.41) is 9.65. The summed E-state index contributed by atoms with van der Waals surface area (Å²) in [5.41, 5.74) is -0.220. The van der Waals surface area contributed by atoms with Gasteiger partial charge in [-0.15, -0.1) is 16.5 Å². The van der Waals surface area contributed by atoms with Gasteiger partial charge in [0.2, 0.25) is 0 Å². The number of sulfonamides is 1. The van der Waals surface area contributed by atoms with Crippen LogP contribution in [0.4, 0.5) is 0 Å². The maximum atomic E-state index is 13.6. The van der Waals surface area contributed by atoms with Gasteiger partial charge in [0.15, 0.2) is 15.3 Å². The first-order valence-electron chi connectivity index (χ1n) is 12.0. The van der Waals surface area contributed by atoms with E-state index in [1.165, 1.54) is 19.3 Å². The van der Waals surface area contributed by atoms with Gasteiger partial charge in [0.25, 0.3) is 0 Å². The molecule has 0 amide bonds. The molecule has 0 aliphatic heterocycles. The van der Waals surface area contributed by atoms with Crippen LogP contribution in [0.15, 0.2) is 9.81 Å². The van der Waals surface area contributed by atoms with Gasteiger partial charge >= 0.3 is 5.97 Å². The fourth-order valence-corrected chi connectivity index (χ4v) is 11.3. The monoisotopic (exact) mass is 453 g/mol. The fraction of sp³-hybridized carbons (Fsp3) is 0.870. The summed E-state index contributed by atoms with van der Waals surface area (Å²) in [6.45, 7) is 0. The van der Waals surface area contributed by atoms with Crippen LogP contribution in [0.25, 0.3) is 0 Å². The van der Waals surface area contributed by atoms with Crippen molar-refractivity contribution in [2.75, 3.05) is 0 Å². The molecule has 0 radical (unpaired) electrons. The molecule has 0 aromatic heterocycles. The van der Waals surface area contributed by atoms with Crippen LogP contribution in [0.3, 0.4) is 0 Å². The molecule has 5 nitrogen and oxygen atoms in total. The predicted octanol–water partition coefficient (Wildman–Crippen LogP) is 5.25. The Morgan fingerprint density at radius 3 is 2.23 bits per heavy atom. The molecular formula is C23H35NO4S2. The largest absolute Gasteiger partial charge is 0.593 e. The first kappa shape index (κ1) is 21.5. The van der Waals surface area contributed by atoms with E-state index in [2.05, 4.69) is 4.72 Å². The Labute approximate surface area is 185 Å². The van der Waals surface area contributed by atoms with Crippen molar-refractivity contribution in [2.45, 2.75) is 101 Å². The molecule has 5 saturated carbocycles. The van der Waals surface area contributed by atoms with Gasteiger partial charge in [-0.25, -0.2) is 0 Å². The molecule has 168 valence electrons. The molecule has 5 fully saturated rings. The minimum Gasteiger partial charge on any atom is -0.593 e. The van der Waals surface area contributed by atoms with Crippen molar-refractivity contribution in [3.8, 4) is 0 Å². The van der Waals surface area contributed by atoms with Gasteiger partial charge in [-0.05, 0) is 88.4 Å². The number of allylic oxidation sites excluding steroid dienone is 2. The van der Waals surface area contributed by atoms with E-state index in [-0.39, 0.29) is 16.7 Å². The number of aliphatic carboxylic acids is 1. The molecule has 0 aromatic rings. The van der Waals surface area contributed by atoms with Crippen LogP contribution >= 0.6 is 11.8 Å². The summed E-state index contributed by atoms with van der Waals surface area (Å²) in [6.07, 6.45) is 13.8. The number of nitrogens with one attached hydrogen (secondary N) is 1. The van der Waals surface area contributed by atoms with Crippen LogP contribution in [-0.4, -0.2) is 26.4 Å². The molecule has 6 aliphatic carbocycles. The summed E-state index contributed by atoms with van der Waals surface area (Å²) in [7, 11) is -3.52. The van der Waals surface area contributed by atoms with E-state index >= 15 is 0 Å². The SMILES string of the molecule is O=C(O)C1CCCCC1SC1=C([S+](=O)([O-])NC23CC4CC(CC(C4)C2)C3)CCCC1. The number of hydrogen-bond donors (Lipinski definition) is 2. The predicted molar refractivity (Wildman–Crippen MR) is 119 cm³/mol. The van der Waals surface area contributed by atoms with Gasteiger partial charge in [-0.2, -0.15) is 0 Å². The molecular weight excluding hydrogens is 418 g/mol. The Balaban J connectivity index is 1.38. The van der Waals surface area contributed by atoms with Crippen molar-refractivity contribution < 1.29 is 18.7 Å². The van der Waals surface area contributed by atoms with E-state index in [0.717, 1.165) is 62.7 Å². The lowest BCUT2D eigenvalue weighted by molar-refractivity contribution is -0.142. The van der Waals surface area contributed by atoms with Gasteiger partial charge in [0.05, 0.1) is 11.5 Å². The number of rotatable bonds is 6. The highest BCUT2D eigenvalue weighted by molar-refractivity contribution is 8.05. The summed E-state index contributed by atoms with van der Waals surface area (Å²) in [6, 6.07) is 0. The lowest BCUT2D eigenvalue weighted by atomic mass is 9.53. The number of hydrogen-bond acceptors (Lipinski definition) is 4. The first-order valence-corrected chi connectivity index (χ1v) is 14.4.